The van der Waals surface area contributed by atoms with E-state index in [4.69, 9.17) is 32.7 Å². The van der Waals surface area contributed by atoms with Gasteiger partial charge in [-0.15, -0.1) is 0 Å². The second-order valence-electron chi connectivity index (χ2n) is 9.54. The van der Waals surface area contributed by atoms with Crippen molar-refractivity contribution in [3.05, 3.63) is 108 Å². The van der Waals surface area contributed by atoms with Crippen molar-refractivity contribution in [3.63, 3.8) is 0 Å². The molecule has 1 fully saturated rings. The average Bonchev–Trinajstić information content (AvgIpc) is 3.03. The molecule has 10 heteroatoms. The maximum absolute atomic E-state index is 13.6. The maximum Gasteiger partial charge on any atom is 0.337 e. The first-order chi connectivity index (χ1) is 20.0. The number of hydrogen-bond acceptors (Lipinski definition) is 9. The molecule has 0 bridgehead atoms. The van der Waals surface area contributed by atoms with Crippen LogP contribution in [0.5, 0.6) is 0 Å². The lowest BCUT2D eigenvalue weighted by atomic mass is 9.95. The van der Waals surface area contributed by atoms with Crippen LogP contribution in [-0.4, -0.2) is 64.0 Å². The molecule has 0 aromatic heterocycles. The summed E-state index contributed by atoms with van der Waals surface area (Å²) in [5.41, 5.74) is 2.78. The van der Waals surface area contributed by atoms with Crippen molar-refractivity contribution in [3.8, 4) is 0 Å². The largest absolute Gasteiger partial charge is 0.368 e. The Kier molecular flexibility index (Phi) is 11.8. The highest BCUT2D eigenvalue weighted by atomic mass is 31.2. The first-order valence-corrected chi connectivity index (χ1v) is 15.1. The van der Waals surface area contributed by atoms with E-state index in [9.17, 15) is 9.36 Å². The fourth-order valence-electron chi connectivity index (χ4n) is 4.59. The van der Waals surface area contributed by atoms with Crippen LogP contribution in [0.1, 0.15) is 16.7 Å². The van der Waals surface area contributed by atoms with Gasteiger partial charge >= 0.3 is 7.60 Å². The first kappa shape index (κ1) is 31.2. The molecule has 3 aromatic rings. The van der Waals surface area contributed by atoms with Gasteiger partial charge in [-0.05, 0) is 16.7 Å². The summed E-state index contributed by atoms with van der Waals surface area (Å²) >= 11 is 0. The summed E-state index contributed by atoms with van der Waals surface area (Å²) in [6.07, 6.45) is -5.16. The molecule has 0 spiro atoms. The van der Waals surface area contributed by atoms with E-state index in [-0.39, 0.29) is 19.8 Å². The van der Waals surface area contributed by atoms with Crippen LogP contribution in [0, 0.1) is 0 Å². The van der Waals surface area contributed by atoms with Crippen molar-refractivity contribution < 1.29 is 42.1 Å². The summed E-state index contributed by atoms with van der Waals surface area (Å²) in [4.78, 5) is 13.6. The van der Waals surface area contributed by atoms with Gasteiger partial charge in [0.1, 0.15) is 30.6 Å². The number of ether oxygens (including phenoxy) is 5. The van der Waals surface area contributed by atoms with Gasteiger partial charge in [-0.3, -0.25) is 9.36 Å². The van der Waals surface area contributed by atoms with Crippen LogP contribution in [0.25, 0.3) is 0 Å². The Morgan fingerprint density at radius 1 is 0.659 bits per heavy atom. The summed E-state index contributed by atoms with van der Waals surface area (Å²) < 4.78 is 54.1. The van der Waals surface area contributed by atoms with Crippen LogP contribution in [0.15, 0.2) is 91.0 Å². The van der Waals surface area contributed by atoms with Gasteiger partial charge in [-0.1, -0.05) is 91.0 Å². The molecule has 9 nitrogen and oxygen atoms in total. The van der Waals surface area contributed by atoms with Crippen LogP contribution < -0.4 is 0 Å². The molecule has 1 saturated heterocycles. The molecule has 1 heterocycles. The maximum atomic E-state index is 13.6. The molecule has 1 aliphatic heterocycles. The van der Waals surface area contributed by atoms with Crippen molar-refractivity contribution in [1.29, 1.82) is 0 Å². The summed E-state index contributed by atoms with van der Waals surface area (Å²) in [5, 5.41) is 0. The molecule has 4 rings (SSSR count). The van der Waals surface area contributed by atoms with Crippen molar-refractivity contribution in [2.45, 2.75) is 50.5 Å². The molecule has 0 saturated carbocycles. The van der Waals surface area contributed by atoms with E-state index in [1.54, 1.807) is 0 Å². The summed E-state index contributed by atoms with van der Waals surface area (Å²) in [6.45, 7) is 0.666. The van der Waals surface area contributed by atoms with Gasteiger partial charge < -0.3 is 32.7 Å². The van der Waals surface area contributed by atoms with Crippen molar-refractivity contribution in [2.75, 3.05) is 27.5 Å². The molecule has 1 aliphatic rings. The number of benzene rings is 3. The monoisotopic (exact) mass is 584 g/mol. The molecular formula is C31H37O9P. The van der Waals surface area contributed by atoms with E-state index in [1.807, 2.05) is 91.0 Å². The van der Waals surface area contributed by atoms with E-state index in [0.29, 0.717) is 0 Å². The van der Waals surface area contributed by atoms with Crippen molar-refractivity contribution >= 4 is 13.4 Å². The zero-order valence-corrected chi connectivity index (χ0v) is 24.4. The SMILES string of the molecule is CO[C@H]1O[C@H](C(=O)CP(=O)(OC)OC)[C@@H](OCc2ccccc2)[C@H](OCc2ccccc2)[C@@H]1OCc1ccccc1. The summed E-state index contributed by atoms with van der Waals surface area (Å²) in [5.74, 6) is -0.521. The molecule has 5 atom stereocenters. The van der Waals surface area contributed by atoms with Crippen LogP contribution in [0.2, 0.25) is 0 Å². The molecule has 3 aromatic carbocycles. The number of rotatable bonds is 15. The second kappa shape index (κ2) is 15.5. The predicted molar refractivity (Wildman–Crippen MR) is 152 cm³/mol. The average molecular weight is 585 g/mol. The van der Waals surface area contributed by atoms with Gasteiger partial charge in [0, 0.05) is 21.3 Å². The molecule has 0 amide bonds. The second-order valence-corrected chi connectivity index (χ2v) is 11.8. The highest BCUT2D eigenvalue weighted by Gasteiger charge is 2.52. The minimum absolute atomic E-state index is 0.180. The fraction of sp³-hybridized carbons (Fsp3) is 0.387. The van der Waals surface area contributed by atoms with E-state index >= 15 is 0 Å². The normalized spacial score (nSPS) is 22.9. The van der Waals surface area contributed by atoms with Gasteiger partial charge in [0.05, 0.1) is 19.8 Å². The molecule has 41 heavy (non-hydrogen) atoms. The Hall–Kier alpha value is -2.72. The third-order valence-electron chi connectivity index (χ3n) is 6.81. The number of carbonyl (C=O) groups is 1. The lowest BCUT2D eigenvalue weighted by molar-refractivity contribution is -0.311. The number of ketones is 1. The van der Waals surface area contributed by atoms with Crippen molar-refractivity contribution in [2.24, 2.45) is 0 Å². The molecule has 220 valence electrons. The minimum atomic E-state index is -3.68. The van der Waals surface area contributed by atoms with Crippen LogP contribution >= 0.6 is 7.60 Å². The third-order valence-corrected chi connectivity index (χ3v) is 8.62. The zero-order chi connectivity index (χ0) is 29.1. The zero-order valence-electron chi connectivity index (χ0n) is 23.5. The molecule has 0 unspecified atom stereocenters. The first-order valence-electron chi connectivity index (χ1n) is 13.3. The van der Waals surface area contributed by atoms with Gasteiger partial charge in [-0.2, -0.15) is 0 Å². The number of carbonyl (C=O) groups excluding carboxylic acids is 1. The molecule has 0 aliphatic carbocycles. The van der Waals surface area contributed by atoms with Crippen LogP contribution in [-0.2, 0) is 61.9 Å². The Labute approximate surface area is 241 Å². The quantitative estimate of drug-likeness (QED) is 0.224. The minimum Gasteiger partial charge on any atom is -0.368 e. The fourth-order valence-corrected chi connectivity index (χ4v) is 5.56. The third kappa shape index (κ3) is 8.64. The molecule has 0 N–H and O–H groups in total. The number of Topliss-reactive ketones (excluding diaryl/α,β-unsaturated/α-hetero) is 1. The van der Waals surface area contributed by atoms with E-state index in [0.717, 1.165) is 16.7 Å². The molecule has 0 radical (unpaired) electrons. The number of hydrogen-bond donors (Lipinski definition) is 0. The highest BCUT2D eigenvalue weighted by Crippen LogP contribution is 2.47. The van der Waals surface area contributed by atoms with E-state index < -0.39 is 50.2 Å². The van der Waals surface area contributed by atoms with Crippen LogP contribution in [0.3, 0.4) is 0 Å². The van der Waals surface area contributed by atoms with Gasteiger partial charge in [0.2, 0.25) is 0 Å². The highest BCUT2D eigenvalue weighted by molar-refractivity contribution is 7.54. The summed E-state index contributed by atoms with van der Waals surface area (Å²) in [7, 11) is 0.259. The van der Waals surface area contributed by atoms with Gasteiger partial charge in [-0.25, -0.2) is 0 Å². The van der Waals surface area contributed by atoms with Crippen molar-refractivity contribution in [1.82, 2.24) is 0 Å². The Bertz CT molecular complexity index is 1230. The van der Waals surface area contributed by atoms with Gasteiger partial charge in [0.25, 0.3) is 0 Å². The summed E-state index contributed by atoms with van der Waals surface area (Å²) in [6, 6.07) is 28.9. The predicted octanol–water partition coefficient (Wildman–Crippen LogP) is 5.17. The molecular weight excluding hydrogens is 547 g/mol. The standard InChI is InChI=1S/C31H37O9P/c1-34-31-30(39-21-25-17-11-6-12-18-25)29(38-20-24-15-9-5-10-16-24)28(37-19-23-13-7-4-8-14-23)27(40-31)26(32)22-41(33,35-2)36-3/h4-18,27-31H,19-22H2,1-3H3/t27-,28-,29+,30+,31+/m1/s1. The van der Waals surface area contributed by atoms with E-state index in [2.05, 4.69) is 0 Å². The topological polar surface area (TPSA) is 98.8 Å². The van der Waals surface area contributed by atoms with Gasteiger partial charge in [0.15, 0.2) is 12.1 Å². The Morgan fingerprint density at radius 2 is 1.07 bits per heavy atom. The number of methoxy groups -OCH3 is 1. The van der Waals surface area contributed by atoms with E-state index in [1.165, 1.54) is 21.3 Å². The van der Waals surface area contributed by atoms with Crippen LogP contribution in [0.4, 0.5) is 0 Å². The smallest absolute Gasteiger partial charge is 0.337 e. The lowest BCUT2D eigenvalue weighted by Crippen LogP contribution is -2.62. The Balaban J connectivity index is 1.67. The lowest BCUT2D eigenvalue weighted by Gasteiger charge is -2.45. The Morgan fingerprint density at radius 3 is 1.49 bits per heavy atom.